The lowest BCUT2D eigenvalue weighted by Gasteiger charge is -2.11. The zero-order valence-electron chi connectivity index (χ0n) is 13.5. The second-order valence-electron chi connectivity index (χ2n) is 5.98. The van der Waals surface area contributed by atoms with E-state index in [1.807, 2.05) is 36.4 Å². The monoisotopic (exact) mass is 331 g/mol. The zero-order chi connectivity index (χ0) is 17.4. The van der Waals surface area contributed by atoms with Gasteiger partial charge in [-0.05, 0) is 34.5 Å². The Morgan fingerprint density at radius 3 is 2.64 bits per heavy atom. The topological polar surface area (TPSA) is 81.1 Å². The van der Waals surface area contributed by atoms with Crippen molar-refractivity contribution >= 4 is 27.8 Å². The fourth-order valence-corrected chi connectivity index (χ4v) is 3.22. The number of aromatic nitrogens is 2. The first-order chi connectivity index (χ1) is 12.2. The van der Waals surface area contributed by atoms with E-state index in [0.29, 0.717) is 18.7 Å². The number of carboxylic acid groups (broad SMARTS) is 1. The third-order valence-corrected chi connectivity index (χ3v) is 4.44. The highest BCUT2D eigenvalue weighted by Crippen LogP contribution is 2.24. The second-order valence-corrected chi connectivity index (χ2v) is 5.98. The Labute approximate surface area is 144 Å². The van der Waals surface area contributed by atoms with Gasteiger partial charge in [-0.1, -0.05) is 42.5 Å². The molecule has 124 valence electrons. The molecule has 0 fully saturated rings. The summed E-state index contributed by atoms with van der Waals surface area (Å²) in [4.78, 5) is 16.3. The number of nitrogens with two attached hydrogens (primary N) is 1. The highest BCUT2D eigenvalue weighted by atomic mass is 16.4. The van der Waals surface area contributed by atoms with Crippen LogP contribution >= 0.6 is 0 Å². The lowest BCUT2D eigenvalue weighted by molar-refractivity contribution is 0.0686. The van der Waals surface area contributed by atoms with Crippen molar-refractivity contribution in [2.45, 2.75) is 13.1 Å². The normalized spacial score (nSPS) is 11.2. The maximum absolute atomic E-state index is 11.7. The number of carboxylic acids is 1. The molecule has 0 aliphatic rings. The van der Waals surface area contributed by atoms with E-state index in [2.05, 4.69) is 23.2 Å². The molecule has 0 spiro atoms. The molecule has 0 amide bonds. The third kappa shape index (κ3) is 2.64. The lowest BCUT2D eigenvalue weighted by atomic mass is 10.0. The van der Waals surface area contributed by atoms with E-state index in [9.17, 15) is 9.90 Å². The number of benzene rings is 2. The highest BCUT2D eigenvalue weighted by Gasteiger charge is 2.17. The smallest absolute Gasteiger partial charge is 0.352 e. The molecular weight excluding hydrogens is 314 g/mol. The van der Waals surface area contributed by atoms with Gasteiger partial charge in [-0.2, -0.15) is 0 Å². The molecule has 2 aromatic carbocycles. The summed E-state index contributed by atoms with van der Waals surface area (Å²) in [6.45, 7) is 0.755. The Morgan fingerprint density at radius 1 is 1.04 bits per heavy atom. The summed E-state index contributed by atoms with van der Waals surface area (Å²) < 4.78 is 1.75. The van der Waals surface area contributed by atoms with Crippen molar-refractivity contribution in [2.75, 3.05) is 0 Å². The average Bonchev–Trinajstić information content (AvgIpc) is 3.00. The summed E-state index contributed by atoms with van der Waals surface area (Å²) in [5, 5.41) is 12.7. The maximum atomic E-state index is 11.7. The van der Waals surface area contributed by atoms with Gasteiger partial charge in [0.05, 0.1) is 12.2 Å². The van der Waals surface area contributed by atoms with Crippen LogP contribution in [0, 0.1) is 0 Å². The minimum Gasteiger partial charge on any atom is -0.477 e. The van der Waals surface area contributed by atoms with Gasteiger partial charge in [-0.3, -0.25) is 0 Å². The first kappa shape index (κ1) is 15.4. The molecule has 25 heavy (non-hydrogen) atoms. The first-order valence-electron chi connectivity index (χ1n) is 8.06. The molecule has 0 unspecified atom stereocenters. The fraction of sp³-hybridized carbons (Fsp3) is 0.100. The molecular formula is C20H17N3O2. The van der Waals surface area contributed by atoms with Crippen LogP contribution in [0.2, 0.25) is 0 Å². The highest BCUT2D eigenvalue weighted by molar-refractivity contribution is 5.94. The molecule has 0 saturated heterocycles. The molecule has 0 aliphatic heterocycles. The number of carbonyl (C=O) groups is 1. The number of pyridine rings is 1. The number of aromatic carboxylic acids is 1. The number of rotatable bonds is 4. The van der Waals surface area contributed by atoms with Crippen LogP contribution in [0.5, 0.6) is 0 Å². The Balaban J connectivity index is 1.92. The van der Waals surface area contributed by atoms with Crippen LogP contribution in [-0.2, 0) is 13.1 Å². The largest absolute Gasteiger partial charge is 0.477 e. The van der Waals surface area contributed by atoms with Gasteiger partial charge in [-0.25, -0.2) is 9.78 Å². The lowest BCUT2D eigenvalue weighted by Crippen LogP contribution is -2.11. The number of hydrogen-bond donors (Lipinski definition) is 2. The number of hydrogen-bond acceptors (Lipinski definition) is 3. The zero-order valence-corrected chi connectivity index (χ0v) is 13.5. The third-order valence-electron chi connectivity index (χ3n) is 4.44. The van der Waals surface area contributed by atoms with Gasteiger partial charge in [0, 0.05) is 11.9 Å². The molecule has 5 nitrogen and oxygen atoms in total. The van der Waals surface area contributed by atoms with Crippen LogP contribution in [0.25, 0.3) is 21.8 Å². The van der Waals surface area contributed by atoms with E-state index in [1.165, 1.54) is 0 Å². The minimum atomic E-state index is -0.965. The number of nitrogens with zero attached hydrogens (tertiary/aromatic N) is 2. The van der Waals surface area contributed by atoms with E-state index in [-0.39, 0.29) is 5.69 Å². The van der Waals surface area contributed by atoms with Crippen LogP contribution in [0.15, 0.2) is 60.7 Å². The second kappa shape index (κ2) is 6.03. The Bertz CT molecular complexity index is 1090. The Kier molecular flexibility index (Phi) is 3.71. The van der Waals surface area contributed by atoms with Gasteiger partial charge in [-0.15, -0.1) is 0 Å². The van der Waals surface area contributed by atoms with Gasteiger partial charge in [0.25, 0.3) is 0 Å². The van der Waals surface area contributed by atoms with Crippen molar-refractivity contribution in [1.82, 2.24) is 9.55 Å². The molecule has 2 heterocycles. The average molecular weight is 331 g/mol. The van der Waals surface area contributed by atoms with E-state index >= 15 is 0 Å². The molecule has 4 rings (SSSR count). The van der Waals surface area contributed by atoms with E-state index in [4.69, 9.17) is 5.73 Å². The van der Waals surface area contributed by atoms with Gasteiger partial charge < -0.3 is 15.4 Å². The molecule has 0 radical (unpaired) electrons. The van der Waals surface area contributed by atoms with Gasteiger partial charge >= 0.3 is 5.97 Å². The summed E-state index contributed by atoms with van der Waals surface area (Å²) in [6, 6.07) is 19.5. The quantitative estimate of drug-likeness (QED) is 0.600. The molecule has 4 aromatic rings. The standard InChI is InChI=1S/C20H17N3O2/c21-11-16-9-8-14-10-18(20(24)25)23(19(14)22-16)12-15-6-3-5-13-4-1-2-7-17(13)15/h1-10H,11-12,21H2,(H,24,25). The van der Waals surface area contributed by atoms with Crippen molar-refractivity contribution in [3.8, 4) is 0 Å². The van der Waals surface area contributed by atoms with E-state index in [1.54, 1.807) is 10.6 Å². The van der Waals surface area contributed by atoms with Crippen LogP contribution in [0.4, 0.5) is 0 Å². The fourth-order valence-electron chi connectivity index (χ4n) is 3.22. The van der Waals surface area contributed by atoms with Crippen LogP contribution in [-0.4, -0.2) is 20.6 Å². The molecule has 2 aromatic heterocycles. The number of fused-ring (bicyclic) bond motifs is 2. The Morgan fingerprint density at radius 2 is 1.84 bits per heavy atom. The molecule has 0 atom stereocenters. The van der Waals surface area contributed by atoms with Crippen molar-refractivity contribution < 1.29 is 9.90 Å². The summed E-state index contributed by atoms with van der Waals surface area (Å²) in [6.07, 6.45) is 0. The summed E-state index contributed by atoms with van der Waals surface area (Å²) in [5.74, 6) is -0.965. The van der Waals surface area contributed by atoms with Crippen LogP contribution in [0.1, 0.15) is 21.7 Å². The molecule has 5 heteroatoms. The van der Waals surface area contributed by atoms with Gasteiger partial charge in [0.2, 0.25) is 0 Å². The minimum absolute atomic E-state index is 0.226. The predicted octanol–water partition coefficient (Wildman–Crippen LogP) is 3.39. The van der Waals surface area contributed by atoms with Gasteiger partial charge in [0.1, 0.15) is 11.3 Å². The summed E-state index contributed by atoms with van der Waals surface area (Å²) >= 11 is 0. The van der Waals surface area contributed by atoms with E-state index in [0.717, 1.165) is 27.4 Å². The summed E-state index contributed by atoms with van der Waals surface area (Å²) in [5.41, 5.74) is 8.36. The SMILES string of the molecule is NCc1ccc2cc(C(=O)O)n(Cc3cccc4ccccc34)c2n1. The van der Waals surface area contributed by atoms with Crippen molar-refractivity contribution in [3.63, 3.8) is 0 Å². The molecule has 0 aliphatic carbocycles. The molecule has 0 bridgehead atoms. The summed E-state index contributed by atoms with van der Waals surface area (Å²) in [7, 11) is 0. The predicted molar refractivity (Wildman–Crippen MR) is 97.6 cm³/mol. The van der Waals surface area contributed by atoms with Crippen molar-refractivity contribution in [2.24, 2.45) is 5.73 Å². The first-order valence-corrected chi connectivity index (χ1v) is 8.06. The van der Waals surface area contributed by atoms with Crippen LogP contribution < -0.4 is 5.73 Å². The van der Waals surface area contributed by atoms with Crippen LogP contribution in [0.3, 0.4) is 0 Å². The van der Waals surface area contributed by atoms with Crippen molar-refractivity contribution in [1.29, 1.82) is 0 Å². The van der Waals surface area contributed by atoms with Gasteiger partial charge in [0.15, 0.2) is 0 Å². The van der Waals surface area contributed by atoms with E-state index < -0.39 is 5.97 Å². The molecule has 0 saturated carbocycles. The Hall–Kier alpha value is -3.18. The van der Waals surface area contributed by atoms with Crippen molar-refractivity contribution in [3.05, 3.63) is 77.6 Å². The maximum Gasteiger partial charge on any atom is 0.352 e. The molecule has 3 N–H and O–H groups in total.